The Hall–Kier alpha value is 0.230. The molecular weight excluding hydrogens is 335 g/mol. The Kier molecular flexibility index (Phi) is 16.4. The molecule has 0 bridgehead atoms. The van der Waals surface area contributed by atoms with E-state index in [4.69, 9.17) is 0 Å². The third-order valence-electron chi connectivity index (χ3n) is 6.40. The molecule has 0 aromatic carbocycles. The standard InChI is InChI=1S/C24H51OP/c1-7-13-16-22(10-4)19-26(25,20-23(11-5)17-14-8-2)21-24(12-6)18-15-9-3/h22-24H,7-21H2,1-6H3/t22-,23-,24-/m0/s1. The van der Waals surface area contributed by atoms with Crippen LogP contribution in [0.3, 0.4) is 0 Å². The average Bonchev–Trinajstić information content (AvgIpc) is 2.65. The van der Waals surface area contributed by atoms with Gasteiger partial charge in [0.15, 0.2) is 0 Å². The molecule has 0 aromatic rings. The van der Waals surface area contributed by atoms with Gasteiger partial charge in [-0.05, 0) is 17.8 Å². The number of rotatable bonds is 18. The molecule has 0 unspecified atom stereocenters. The van der Waals surface area contributed by atoms with Crippen LogP contribution in [0.25, 0.3) is 0 Å². The third kappa shape index (κ3) is 11.8. The molecule has 0 aliphatic heterocycles. The van der Waals surface area contributed by atoms with Gasteiger partial charge in [-0.3, -0.25) is 0 Å². The smallest absolute Gasteiger partial charge is 0.0885 e. The Bertz CT molecular complexity index is 300. The SMILES string of the molecule is CCCC[C@H](CC)CP(=O)(C[C@@H](CC)CCCC)C[C@@H](CC)CCCC. The predicted molar refractivity (Wildman–Crippen MR) is 122 cm³/mol. The van der Waals surface area contributed by atoms with Gasteiger partial charge in [0.25, 0.3) is 0 Å². The van der Waals surface area contributed by atoms with E-state index in [9.17, 15) is 4.57 Å². The highest BCUT2D eigenvalue weighted by Crippen LogP contribution is 2.53. The van der Waals surface area contributed by atoms with Gasteiger partial charge >= 0.3 is 0 Å². The molecule has 0 aromatic heterocycles. The Morgan fingerprint density at radius 1 is 0.538 bits per heavy atom. The van der Waals surface area contributed by atoms with Crippen molar-refractivity contribution >= 4 is 7.14 Å². The first-order valence-electron chi connectivity index (χ1n) is 12.0. The van der Waals surface area contributed by atoms with Gasteiger partial charge in [-0.2, -0.15) is 0 Å². The minimum Gasteiger partial charge on any atom is -0.324 e. The van der Waals surface area contributed by atoms with Crippen LogP contribution in [0.4, 0.5) is 0 Å². The van der Waals surface area contributed by atoms with Gasteiger partial charge < -0.3 is 4.57 Å². The molecule has 1 nitrogen and oxygen atoms in total. The highest BCUT2D eigenvalue weighted by molar-refractivity contribution is 7.63. The van der Waals surface area contributed by atoms with E-state index in [1.165, 1.54) is 77.0 Å². The van der Waals surface area contributed by atoms with E-state index in [0.717, 1.165) is 18.5 Å². The molecule has 0 saturated heterocycles. The first-order chi connectivity index (χ1) is 12.5. The molecule has 0 N–H and O–H groups in total. The van der Waals surface area contributed by atoms with E-state index >= 15 is 0 Å². The molecule has 0 heterocycles. The maximum Gasteiger partial charge on any atom is 0.0885 e. The molecule has 2 heteroatoms. The van der Waals surface area contributed by atoms with Gasteiger partial charge in [-0.1, -0.05) is 119 Å². The number of hydrogen-bond acceptors (Lipinski definition) is 1. The van der Waals surface area contributed by atoms with Crippen LogP contribution in [0.15, 0.2) is 0 Å². The second-order valence-corrected chi connectivity index (χ2v) is 12.1. The maximum atomic E-state index is 14.2. The first-order valence-corrected chi connectivity index (χ1v) is 14.3. The Morgan fingerprint density at radius 2 is 0.808 bits per heavy atom. The molecule has 158 valence electrons. The summed E-state index contributed by atoms with van der Waals surface area (Å²) in [6.07, 6.45) is 18.3. The Morgan fingerprint density at radius 3 is 1.00 bits per heavy atom. The summed E-state index contributed by atoms with van der Waals surface area (Å²) >= 11 is 0. The van der Waals surface area contributed by atoms with Crippen LogP contribution < -0.4 is 0 Å². The summed E-state index contributed by atoms with van der Waals surface area (Å²) in [4.78, 5) is 0. The number of unbranched alkanes of at least 4 members (excludes halogenated alkanes) is 3. The molecule has 0 radical (unpaired) electrons. The fraction of sp³-hybridized carbons (Fsp3) is 1.00. The molecule has 0 amide bonds. The molecular formula is C24H51OP. The Balaban J connectivity index is 5.16. The summed E-state index contributed by atoms with van der Waals surface area (Å²) in [6.45, 7) is 13.8. The Labute approximate surface area is 166 Å². The molecule has 0 rings (SSSR count). The van der Waals surface area contributed by atoms with E-state index in [1.807, 2.05) is 0 Å². The van der Waals surface area contributed by atoms with Crippen LogP contribution in [0.2, 0.25) is 0 Å². The predicted octanol–water partition coefficient (Wildman–Crippen LogP) is 9.00. The van der Waals surface area contributed by atoms with Crippen LogP contribution in [-0.2, 0) is 4.57 Å². The molecule has 0 fully saturated rings. The van der Waals surface area contributed by atoms with E-state index in [-0.39, 0.29) is 0 Å². The normalized spacial score (nSPS) is 15.8. The minimum absolute atomic E-state index is 0.688. The topological polar surface area (TPSA) is 17.1 Å². The third-order valence-corrected chi connectivity index (χ3v) is 9.95. The highest BCUT2D eigenvalue weighted by atomic mass is 31.2. The lowest BCUT2D eigenvalue weighted by atomic mass is 10.0. The van der Waals surface area contributed by atoms with Crippen molar-refractivity contribution in [3.8, 4) is 0 Å². The quantitative estimate of drug-likeness (QED) is 0.215. The van der Waals surface area contributed by atoms with E-state index < -0.39 is 7.14 Å². The lowest BCUT2D eigenvalue weighted by molar-refractivity contribution is 0.446. The molecule has 26 heavy (non-hydrogen) atoms. The summed E-state index contributed by atoms with van der Waals surface area (Å²) in [7, 11) is -2.06. The first kappa shape index (κ1) is 26.2. The van der Waals surface area contributed by atoms with Crippen molar-refractivity contribution < 1.29 is 4.57 Å². The zero-order chi connectivity index (χ0) is 19.8. The van der Waals surface area contributed by atoms with Crippen molar-refractivity contribution in [3.05, 3.63) is 0 Å². The van der Waals surface area contributed by atoms with Crippen molar-refractivity contribution in [1.82, 2.24) is 0 Å². The van der Waals surface area contributed by atoms with Crippen molar-refractivity contribution in [2.75, 3.05) is 18.5 Å². The van der Waals surface area contributed by atoms with E-state index in [1.54, 1.807) is 0 Å². The second kappa shape index (κ2) is 16.2. The zero-order valence-corrected chi connectivity index (χ0v) is 20.1. The summed E-state index contributed by atoms with van der Waals surface area (Å²) in [5.41, 5.74) is 0. The fourth-order valence-electron chi connectivity index (χ4n) is 4.39. The zero-order valence-electron chi connectivity index (χ0n) is 19.2. The van der Waals surface area contributed by atoms with Crippen LogP contribution in [-0.4, -0.2) is 18.5 Å². The number of hydrogen-bond donors (Lipinski definition) is 0. The summed E-state index contributed by atoms with van der Waals surface area (Å²) in [5.74, 6) is 2.06. The molecule has 0 saturated carbocycles. The molecule has 3 atom stereocenters. The van der Waals surface area contributed by atoms with Crippen LogP contribution in [0, 0.1) is 17.8 Å². The summed E-state index contributed by atoms with van der Waals surface area (Å²) in [6, 6.07) is 0. The summed E-state index contributed by atoms with van der Waals surface area (Å²) in [5, 5.41) is 0. The van der Waals surface area contributed by atoms with Gasteiger partial charge in [-0.15, -0.1) is 0 Å². The van der Waals surface area contributed by atoms with Gasteiger partial charge in [-0.25, -0.2) is 0 Å². The van der Waals surface area contributed by atoms with Crippen LogP contribution in [0.5, 0.6) is 0 Å². The van der Waals surface area contributed by atoms with Crippen molar-refractivity contribution in [1.29, 1.82) is 0 Å². The van der Waals surface area contributed by atoms with Gasteiger partial charge in [0.2, 0.25) is 0 Å². The van der Waals surface area contributed by atoms with Crippen molar-refractivity contribution in [2.45, 2.75) is 119 Å². The highest BCUT2D eigenvalue weighted by Gasteiger charge is 2.31. The lowest BCUT2D eigenvalue weighted by Gasteiger charge is -2.30. The average molecular weight is 387 g/mol. The largest absolute Gasteiger partial charge is 0.324 e. The van der Waals surface area contributed by atoms with Crippen molar-refractivity contribution in [3.63, 3.8) is 0 Å². The van der Waals surface area contributed by atoms with E-state index in [2.05, 4.69) is 41.5 Å². The fourth-order valence-corrected chi connectivity index (χ4v) is 8.98. The van der Waals surface area contributed by atoms with Gasteiger partial charge in [0, 0.05) is 18.5 Å². The van der Waals surface area contributed by atoms with Crippen LogP contribution >= 0.6 is 7.14 Å². The van der Waals surface area contributed by atoms with Crippen molar-refractivity contribution in [2.24, 2.45) is 17.8 Å². The van der Waals surface area contributed by atoms with Crippen LogP contribution in [0.1, 0.15) is 119 Å². The molecule has 0 aliphatic rings. The molecule has 0 spiro atoms. The van der Waals surface area contributed by atoms with Gasteiger partial charge in [0.1, 0.15) is 0 Å². The van der Waals surface area contributed by atoms with E-state index in [0.29, 0.717) is 17.8 Å². The van der Waals surface area contributed by atoms with Gasteiger partial charge in [0.05, 0.1) is 7.14 Å². The second-order valence-electron chi connectivity index (χ2n) is 8.86. The lowest BCUT2D eigenvalue weighted by Crippen LogP contribution is -2.18. The minimum atomic E-state index is -2.06. The monoisotopic (exact) mass is 386 g/mol. The maximum absolute atomic E-state index is 14.2. The summed E-state index contributed by atoms with van der Waals surface area (Å²) < 4.78 is 14.2. The molecule has 0 aliphatic carbocycles.